The molecule has 0 aliphatic heterocycles. The molecule has 5 heteroatoms. The normalized spacial score (nSPS) is 10.0. The molecule has 0 heterocycles. The van der Waals surface area contributed by atoms with Gasteiger partial charge >= 0.3 is 0 Å². The largest absolute Gasteiger partial charge is 0.343 e. The van der Waals surface area contributed by atoms with E-state index in [1.807, 2.05) is 37.3 Å². The minimum atomic E-state index is -0.282. The Hall–Kier alpha value is -2.14. The van der Waals surface area contributed by atoms with Gasteiger partial charge in [0.2, 0.25) is 5.91 Å². The molecule has 2 aromatic rings. The van der Waals surface area contributed by atoms with Gasteiger partial charge in [0.25, 0.3) is 5.91 Å². The SMILES string of the molecule is Cc1ccc(NC(=O)CNC(=O)c2cccc(Br)c2)cc1. The summed E-state index contributed by atoms with van der Waals surface area (Å²) in [7, 11) is 0. The van der Waals surface area contributed by atoms with Crippen LogP contribution >= 0.6 is 15.9 Å². The number of carbonyl (C=O) groups is 2. The standard InChI is InChI=1S/C16H15BrN2O2/c1-11-5-7-14(8-6-11)19-15(20)10-18-16(21)12-3-2-4-13(17)9-12/h2-9H,10H2,1H3,(H,18,21)(H,19,20). The van der Waals surface area contributed by atoms with E-state index in [-0.39, 0.29) is 18.4 Å². The summed E-state index contributed by atoms with van der Waals surface area (Å²) >= 11 is 3.30. The summed E-state index contributed by atoms with van der Waals surface area (Å²) in [5.41, 5.74) is 2.34. The van der Waals surface area contributed by atoms with Crippen LogP contribution < -0.4 is 10.6 Å². The van der Waals surface area contributed by atoms with Gasteiger partial charge in [0.15, 0.2) is 0 Å². The van der Waals surface area contributed by atoms with Crippen molar-refractivity contribution in [2.45, 2.75) is 6.92 Å². The van der Waals surface area contributed by atoms with Gasteiger partial charge in [-0.2, -0.15) is 0 Å². The van der Waals surface area contributed by atoms with E-state index in [9.17, 15) is 9.59 Å². The van der Waals surface area contributed by atoms with Crippen molar-refractivity contribution in [2.24, 2.45) is 0 Å². The molecular formula is C16H15BrN2O2. The second kappa shape index (κ2) is 7.04. The first-order chi connectivity index (χ1) is 10.0. The van der Waals surface area contributed by atoms with Gasteiger partial charge in [0.1, 0.15) is 0 Å². The lowest BCUT2D eigenvalue weighted by Crippen LogP contribution is -2.32. The van der Waals surface area contributed by atoms with Crippen molar-refractivity contribution in [2.75, 3.05) is 11.9 Å². The van der Waals surface area contributed by atoms with Crippen LogP contribution in [0.3, 0.4) is 0 Å². The fraction of sp³-hybridized carbons (Fsp3) is 0.125. The molecule has 0 unspecified atom stereocenters. The Morgan fingerprint density at radius 3 is 2.48 bits per heavy atom. The Morgan fingerprint density at radius 2 is 1.81 bits per heavy atom. The zero-order valence-electron chi connectivity index (χ0n) is 11.5. The van der Waals surface area contributed by atoms with E-state index < -0.39 is 0 Å². The maximum Gasteiger partial charge on any atom is 0.251 e. The molecule has 0 spiro atoms. The van der Waals surface area contributed by atoms with Crippen molar-refractivity contribution < 1.29 is 9.59 Å². The topological polar surface area (TPSA) is 58.2 Å². The highest BCUT2D eigenvalue weighted by atomic mass is 79.9. The summed E-state index contributed by atoms with van der Waals surface area (Å²) in [6, 6.07) is 14.5. The first kappa shape index (κ1) is 15.3. The van der Waals surface area contributed by atoms with E-state index in [4.69, 9.17) is 0 Å². The fourth-order valence-corrected chi connectivity index (χ4v) is 2.13. The van der Waals surface area contributed by atoms with Gasteiger partial charge in [-0.25, -0.2) is 0 Å². The molecule has 0 aliphatic carbocycles. The van der Waals surface area contributed by atoms with Crippen molar-refractivity contribution in [1.29, 1.82) is 0 Å². The maximum absolute atomic E-state index is 11.9. The average Bonchev–Trinajstić information content (AvgIpc) is 2.47. The fourth-order valence-electron chi connectivity index (χ4n) is 1.73. The number of hydrogen-bond donors (Lipinski definition) is 2. The monoisotopic (exact) mass is 346 g/mol. The summed E-state index contributed by atoms with van der Waals surface area (Å²) in [5, 5.41) is 5.31. The summed E-state index contributed by atoms with van der Waals surface area (Å²) in [4.78, 5) is 23.7. The van der Waals surface area contributed by atoms with E-state index in [1.54, 1.807) is 18.2 Å². The molecule has 0 aliphatic rings. The predicted octanol–water partition coefficient (Wildman–Crippen LogP) is 3.13. The zero-order valence-corrected chi connectivity index (χ0v) is 13.1. The smallest absolute Gasteiger partial charge is 0.251 e. The van der Waals surface area contributed by atoms with Crippen molar-refractivity contribution in [3.8, 4) is 0 Å². The lowest BCUT2D eigenvalue weighted by molar-refractivity contribution is -0.115. The summed E-state index contributed by atoms with van der Waals surface area (Å²) < 4.78 is 0.819. The lowest BCUT2D eigenvalue weighted by atomic mass is 10.2. The van der Waals surface area contributed by atoms with Crippen LogP contribution in [-0.4, -0.2) is 18.4 Å². The molecule has 0 atom stereocenters. The van der Waals surface area contributed by atoms with Crippen LogP contribution in [0.25, 0.3) is 0 Å². The molecule has 108 valence electrons. The summed E-state index contributed by atoms with van der Waals surface area (Å²) in [6.45, 7) is 1.91. The molecule has 21 heavy (non-hydrogen) atoms. The highest BCUT2D eigenvalue weighted by Gasteiger charge is 2.08. The van der Waals surface area contributed by atoms with Gasteiger partial charge in [-0.1, -0.05) is 39.7 Å². The van der Waals surface area contributed by atoms with Crippen LogP contribution in [0.1, 0.15) is 15.9 Å². The molecule has 0 radical (unpaired) electrons. The Balaban J connectivity index is 1.86. The molecule has 2 N–H and O–H groups in total. The zero-order chi connectivity index (χ0) is 15.2. The van der Waals surface area contributed by atoms with Crippen LogP contribution in [0.2, 0.25) is 0 Å². The van der Waals surface area contributed by atoms with Crippen LogP contribution in [0, 0.1) is 6.92 Å². The maximum atomic E-state index is 11.9. The van der Waals surface area contributed by atoms with Crippen LogP contribution in [0.4, 0.5) is 5.69 Å². The number of nitrogens with one attached hydrogen (secondary N) is 2. The Morgan fingerprint density at radius 1 is 1.10 bits per heavy atom. The number of benzene rings is 2. The lowest BCUT2D eigenvalue weighted by Gasteiger charge is -2.07. The van der Waals surface area contributed by atoms with Crippen LogP contribution in [-0.2, 0) is 4.79 Å². The van der Waals surface area contributed by atoms with E-state index in [0.717, 1.165) is 10.0 Å². The van der Waals surface area contributed by atoms with Crippen LogP contribution in [0.15, 0.2) is 53.0 Å². The summed E-state index contributed by atoms with van der Waals surface area (Å²) in [6.07, 6.45) is 0. The molecule has 2 aromatic carbocycles. The Labute approximate surface area is 131 Å². The Kier molecular flexibility index (Phi) is 5.11. The van der Waals surface area contributed by atoms with Crippen molar-refractivity contribution in [3.63, 3.8) is 0 Å². The van der Waals surface area contributed by atoms with E-state index in [1.165, 1.54) is 0 Å². The van der Waals surface area contributed by atoms with Crippen LogP contribution in [0.5, 0.6) is 0 Å². The summed E-state index contributed by atoms with van der Waals surface area (Å²) in [5.74, 6) is -0.544. The number of halogens is 1. The molecule has 0 fully saturated rings. The molecule has 2 rings (SSSR count). The minimum Gasteiger partial charge on any atom is -0.343 e. The van der Waals surface area contributed by atoms with Crippen molar-refractivity contribution >= 4 is 33.4 Å². The van der Waals surface area contributed by atoms with Gasteiger partial charge in [0, 0.05) is 15.7 Å². The molecule has 0 bridgehead atoms. The number of anilines is 1. The highest BCUT2D eigenvalue weighted by molar-refractivity contribution is 9.10. The number of carbonyl (C=O) groups excluding carboxylic acids is 2. The van der Waals surface area contributed by atoms with Gasteiger partial charge in [0.05, 0.1) is 6.54 Å². The third-order valence-corrected chi connectivity index (χ3v) is 3.32. The van der Waals surface area contributed by atoms with E-state index >= 15 is 0 Å². The van der Waals surface area contributed by atoms with Gasteiger partial charge in [-0.15, -0.1) is 0 Å². The molecular weight excluding hydrogens is 332 g/mol. The second-order valence-corrected chi connectivity index (χ2v) is 5.52. The number of amides is 2. The number of aryl methyl sites for hydroxylation is 1. The minimum absolute atomic E-state index is 0.0702. The molecule has 2 amide bonds. The number of hydrogen-bond acceptors (Lipinski definition) is 2. The highest BCUT2D eigenvalue weighted by Crippen LogP contribution is 2.11. The van der Waals surface area contributed by atoms with Crippen molar-refractivity contribution in [1.82, 2.24) is 5.32 Å². The van der Waals surface area contributed by atoms with Gasteiger partial charge in [-0.05, 0) is 37.3 Å². The van der Waals surface area contributed by atoms with E-state index in [0.29, 0.717) is 11.3 Å². The first-order valence-electron chi connectivity index (χ1n) is 6.45. The molecule has 4 nitrogen and oxygen atoms in total. The third kappa shape index (κ3) is 4.72. The second-order valence-electron chi connectivity index (χ2n) is 4.61. The number of rotatable bonds is 4. The van der Waals surface area contributed by atoms with Crippen molar-refractivity contribution in [3.05, 3.63) is 64.1 Å². The molecule has 0 aromatic heterocycles. The predicted molar refractivity (Wildman–Crippen MR) is 86.3 cm³/mol. The van der Waals surface area contributed by atoms with Gasteiger partial charge < -0.3 is 10.6 Å². The van der Waals surface area contributed by atoms with E-state index in [2.05, 4.69) is 26.6 Å². The quantitative estimate of drug-likeness (QED) is 0.893. The Bertz CT molecular complexity index is 654. The molecule has 0 saturated heterocycles. The molecule has 0 saturated carbocycles. The van der Waals surface area contributed by atoms with Gasteiger partial charge in [-0.3, -0.25) is 9.59 Å². The average molecular weight is 347 g/mol. The third-order valence-electron chi connectivity index (χ3n) is 2.83. The first-order valence-corrected chi connectivity index (χ1v) is 7.24.